The first-order valence-corrected chi connectivity index (χ1v) is 7.55. The van der Waals surface area contributed by atoms with E-state index < -0.39 is 5.60 Å². The predicted molar refractivity (Wildman–Crippen MR) is 80.9 cm³/mol. The van der Waals surface area contributed by atoms with Crippen LogP contribution in [0.4, 0.5) is 4.79 Å². The van der Waals surface area contributed by atoms with Gasteiger partial charge in [-0.25, -0.2) is 9.59 Å². The summed E-state index contributed by atoms with van der Waals surface area (Å²) in [6.45, 7) is 11.0. The summed E-state index contributed by atoms with van der Waals surface area (Å²) in [5.41, 5.74) is 0.474. The summed E-state index contributed by atoms with van der Waals surface area (Å²) in [6, 6.07) is 0. The summed E-state index contributed by atoms with van der Waals surface area (Å²) < 4.78 is 10.3. The van der Waals surface area contributed by atoms with Crippen LogP contribution in [-0.2, 0) is 14.3 Å². The van der Waals surface area contributed by atoms with E-state index in [1.54, 1.807) is 11.8 Å². The molecule has 1 aliphatic heterocycles. The smallest absolute Gasteiger partial charge is 0.410 e. The number of rotatable bonds is 3. The zero-order chi connectivity index (χ0) is 16.0. The van der Waals surface area contributed by atoms with Crippen molar-refractivity contribution in [2.45, 2.75) is 53.1 Å². The van der Waals surface area contributed by atoms with Crippen LogP contribution < -0.4 is 0 Å². The Labute approximate surface area is 127 Å². The van der Waals surface area contributed by atoms with Crippen molar-refractivity contribution < 1.29 is 19.1 Å². The summed E-state index contributed by atoms with van der Waals surface area (Å²) in [7, 11) is 0. The second-order valence-corrected chi connectivity index (χ2v) is 6.41. The number of carbonyl (C=O) groups excluding carboxylic acids is 2. The highest BCUT2D eigenvalue weighted by atomic mass is 16.6. The van der Waals surface area contributed by atoms with Gasteiger partial charge < -0.3 is 14.4 Å². The molecule has 0 bridgehead atoms. The number of likely N-dealkylation sites (tertiary alicyclic amines) is 1. The lowest BCUT2D eigenvalue weighted by molar-refractivity contribution is -0.137. The van der Waals surface area contributed by atoms with Gasteiger partial charge in [0, 0.05) is 19.2 Å². The van der Waals surface area contributed by atoms with E-state index in [4.69, 9.17) is 9.47 Å². The van der Waals surface area contributed by atoms with Crippen LogP contribution in [-0.4, -0.2) is 42.3 Å². The fourth-order valence-corrected chi connectivity index (χ4v) is 2.33. The topological polar surface area (TPSA) is 55.8 Å². The molecule has 1 saturated heterocycles. The second kappa shape index (κ2) is 7.48. The first-order chi connectivity index (χ1) is 9.73. The molecule has 0 aromatic carbocycles. The lowest BCUT2D eigenvalue weighted by Crippen LogP contribution is -2.43. The largest absolute Gasteiger partial charge is 0.463 e. The molecule has 0 spiro atoms. The Morgan fingerprint density at radius 3 is 2.57 bits per heavy atom. The van der Waals surface area contributed by atoms with Crippen LogP contribution in [0.2, 0.25) is 0 Å². The first kappa shape index (κ1) is 17.5. The van der Waals surface area contributed by atoms with Crippen molar-refractivity contribution in [3.63, 3.8) is 0 Å². The van der Waals surface area contributed by atoms with Gasteiger partial charge in [-0.05, 0) is 53.4 Å². The molecular weight excluding hydrogens is 270 g/mol. The maximum Gasteiger partial charge on any atom is 0.410 e. The van der Waals surface area contributed by atoms with Gasteiger partial charge in [-0.2, -0.15) is 0 Å². The van der Waals surface area contributed by atoms with Gasteiger partial charge in [0.25, 0.3) is 0 Å². The van der Waals surface area contributed by atoms with Crippen LogP contribution in [0, 0.1) is 5.92 Å². The minimum absolute atomic E-state index is 0.190. The molecule has 1 unspecified atom stereocenters. The van der Waals surface area contributed by atoms with E-state index >= 15 is 0 Å². The molecule has 1 fully saturated rings. The van der Waals surface area contributed by atoms with Crippen molar-refractivity contribution in [3.8, 4) is 0 Å². The number of hydrogen-bond donors (Lipinski definition) is 0. The fourth-order valence-electron chi connectivity index (χ4n) is 2.33. The Balaban J connectivity index is 2.63. The van der Waals surface area contributed by atoms with Crippen LogP contribution in [0.1, 0.15) is 47.5 Å². The fraction of sp³-hybridized carbons (Fsp3) is 0.750. The third kappa shape index (κ3) is 6.19. The zero-order valence-electron chi connectivity index (χ0n) is 13.8. The van der Waals surface area contributed by atoms with E-state index in [-0.39, 0.29) is 18.0 Å². The molecule has 5 nitrogen and oxygen atoms in total. The molecule has 1 heterocycles. The minimum atomic E-state index is -0.486. The minimum Gasteiger partial charge on any atom is -0.463 e. The normalized spacial score (nSPS) is 20.1. The van der Waals surface area contributed by atoms with E-state index in [2.05, 4.69) is 0 Å². The molecule has 0 aliphatic carbocycles. The summed E-state index contributed by atoms with van der Waals surface area (Å²) >= 11 is 0. The van der Waals surface area contributed by atoms with Gasteiger partial charge in [0.1, 0.15) is 5.60 Å². The van der Waals surface area contributed by atoms with E-state index in [0.29, 0.717) is 19.7 Å². The predicted octanol–water partition coefficient (Wildman–Crippen LogP) is 3.14. The van der Waals surface area contributed by atoms with E-state index in [9.17, 15) is 9.59 Å². The van der Waals surface area contributed by atoms with E-state index in [0.717, 1.165) is 18.4 Å². The van der Waals surface area contributed by atoms with Crippen LogP contribution in [0.25, 0.3) is 0 Å². The quantitative estimate of drug-likeness (QED) is 0.593. The average molecular weight is 297 g/mol. The van der Waals surface area contributed by atoms with Crippen molar-refractivity contribution in [3.05, 3.63) is 11.6 Å². The number of esters is 1. The number of nitrogens with zero attached hydrogens (tertiary/aromatic N) is 1. The number of hydrogen-bond acceptors (Lipinski definition) is 4. The van der Waals surface area contributed by atoms with Crippen molar-refractivity contribution in [1.29, 1.82) is 0 Å². The van der Waals surface area contributed by atoms with Crippen LogP contribution >= 0.6 is 0 Å². The lowest BCUT2D eigenvalue weighted by atomic mass is 9.91. The SMILES string of the molecule is CCOC(=O)/C=C(/C)C1CCCN(C(=O)OC(C)(C)C)C1. The summed E-state index contributed by atoms with van der Waals surface area (Å²) in [5, 5.41) is 0. The maximum atomic E-state index is 12.1. The Morgan fingerprint density at radius 2 is 2.00 bits per heavy atom. The van der Waals surface area contributed by atoms with E-state index in [1.807, 2.05) is 27.7 Å². The van der Waals surface area contributed by atoms with Crippen LogP contribution in [0.5, 0.6) is 0 Å². The summed E-state index contributed by atoms with van der Waals surface area (Å²) in [5.74, 6) is -0.125. The molecule has 1 atom stereocenters. The van der Waals surface area contributed by atoms with Gasteiger partial charge in [-0.15, -0.1) is 0 Å². The van der Waals surface area contributed by atoms with Crippen LogP contribution in [0.15, 0.2) is 11.6 Å². The van der Waals surface area contributed by atoms with Crippen LogP contribution in [0.3, 0.4) is 0 Å². The van der Waals surface area contributed by atoms with E-state index in [1.165, 1.54) is 6.08 Å². The van der Waals surface area contributed by atoms with Crippen molar-refractivity contribution in [2.24, 2.45) is 5.92 Å². The number of amides is 1. The highest BCUT2D eigenvalue weighted by molar-refractivity contribution is 5.82. The van der Waals surface area contributed by atoms with Crippen molar-refractivity contribution in [2.75, 3.05) is 19.7 Å². The van der Waals surface area contributed by atoms with Gasteiger partial charge in [-0.1, -0.05) is 5.57 Å². The number of carbonyl (C=O) groups is 2. The van der Waals surface area contributed by atoms with Crippen molar-refractivity contribution in [1.82, 2.24) is 4.90 Å². The Morgan fingerprint density at radius 1 is 1.33 bits per heavy atom. The molecule has 21 heavy (non-hydrogen) atoms. The standard InChI is InChI=1S/C16H27NO4/c1-6-20-14(18)10-12(2)13-8-7-9-17(11-13)15(19)21-16(3,4)5/h10,13H,6-9,11H2,1-5H3/b12-10-. The zero-order valence-corrected chi connectivity index (χ0v) is 13.8. The molecular formula is C16H27NO4. The maximum absolute atomic E-state index is 12.1. The molecule has 0 N–H and O–H groups in total. The number of ether oxygens (including phenoxy) is 2. The molecule has 5 heteroatoms. The van der Waals surface area contributed by atoms with Gasteiger partial charge in [0.2, 0.25) is 0 Å². The number of piperidine rings is 1. The third-order valence-corrected chi connectivity index (χ3v) is 3.35. The Bertz CT molecular complexity index is 409. The second-order valence-electron chi connectivity index (χ2n) is 6.41. The summed E-state index contributed by atoms with van der Waals surface area (Å²) in [4.78, 5) is 25.3. The first-order valence-electron chi connectivity index (χ1n) is 7.55. The van der Waals surface area contributed by atoms with Crippen molar-refractivity contribution >= 4 is 12.1 Å². The third-order valence-electron chi connectivity index (χ3n) is 3.35. The Kier molecular flexibility index (Phi) is 6.24. The van der Waals surface area contributed by atoms with Gasteiger partial charge >= 0.3 is 12.1 Å². The molecule has 1 amide bonds. The molecule has 0 radical (unpaired) electrons. The molecule has 0 aromatic rings. The molecule has 0 saturated carbocycles. The molecule has 0 aromatic heterocycles. The van der Waals surface area contributed by atoms with Gasteiger partial charge in [0.05, 0.1) is 6.61 Å². The van der Waals surface area contributed by atoms with Gasteiger partial charge in [0.15, 0.2) is 0 Å². The molecule has 1 aliphatic rings. The highest BCUT2D eigenvalue weighted by Crippen LogP contribution is 2.24. The Hall–Kier alpha value is -1.52. The molecule has 120 valence electrons. The van der Waals surface area contributed by atoms with Gasteiger partial charge in [-0.3, -0.25) is 0 Å². The monoisotopic (exact) mass is 297 g/mol. The lowest BCUT2D eigenvalue weighted by Gasteiger charge is -2.34. The molecule has 1 rings (SSSR count). The summed E-state index contributed by atoms with van der Waals surface area (Å²) in [6.07, 6.45) is 3.14. The average Bonchev–Trinajstić information content (AvgIpc) is 2.37. The highest BCUT2D eigenvalue weighted by Gasteiger charge is 2.28.